The smallest absolute Gasteiger partial charge is 0.0785 e. The van der Waals surface area contributed by atoms with Crippen molar-refractivity contribution < 1.29 is 0 Å². The molecular formula is C8H6Cl3NS. The molecule has 5 heteroatoms. The van der Waals surface area contributed by atoms with Gasteiger partial charge in [-0.3, -0.25) is 0 Å². The molecule has 0 amide bonds. The Kier molecular flexibility index (Phi) is 3.80. The molecule has 0 saturated heterocycles. The van der Waals surface area contributed by atoms with Gasteiger partial charge in [0.15, 0.2) is 0 Å². The maximum atomic E-state index is 5.90. The van der Waals surface area contributed by atoms with Crippen LogP contribution < -0.4 is 5.73 Å². The van der Waals surface area contributed by atoms with E-state index in [1.54, 1.807) is 12.1 Å². The third-order valence-electron chi connectivity index (χ3n) is 1.49. The molecule has 70 valence electrons. The van der Waals surface area contributed by atoms with Gasteiger partial charge in [0.2, 0.25) is 0 Å². The molecule has 1 aromatic rings. The summed E-state index contributed by atoms with van der Waals surface area (Å²) in [5.41, 5.74) is 6.69. The Morgan fingerprint density at radius 3 is 2.38 bits per heavy atom. The quantitative estimate of drug-likeness (QED) is 0.578. The maximum absolute atomic E-state index is 5.90. The van der Waals surface area contributed by atoms with E-state index >= 15 is 0 Å². The molecule has 0 heterocycles. The lowest BCUT2D eigenvalue weighted by molar-refractivity contribution is 1.53. The Morgan fingerprint density at radius 2 is 1.85 bits per heavy atom. The van der Waals surface area contributed by atoms with Gasteiger partial charge in [-0.2, -0.15) is 0 Å². The minimum atomic E-state index is 0.305. The number of hydrogen-bond donors (Lipinski definition) is 2. The molecule has 0 unspecified atom stereocenters. The summed E-state index contributed by atoms with van der Waals surface area (Å²) >= 11 is 21.4. The fraction of sp³-hybridized carbons (Fsp3) is 0. The first kappa shape index (κ1) is 11.1. The summed E-state index contributed by atoms with van der Waals surface area (Å²) in [6, 6.07) is 3.33. The van der Waals surface area contributed by atoms with E-state index in [1.807, 2.05) is 0 Å². The average Bonchev–Trinajstić information content (AvgIpc) is 2.13. The summed E-state index contributed by atoms with van der Waals surface area (Å²) in [6.45, 7) is 0. The summed E-state index contributed by atoms with van der Waals surface area (Å²) in [5.74, 6) is 0. The van der Waals surface area contributed by atoms with E-state index in [0.29, 0.717) is 26.3 Å². The van der Waals surface area contributed by atoms with E-state index in [9.17, 15) is 0 Å². The van der Waals surface area contributed by atoms with Gasteiger partial charge in [0.05, 0.1) is 15.1 Å². The molecule has 0 fully saturated rings. The van der Waals surface area contributed by atoms with E-state index in [-0.39, 0.29) is 0 Å². The Bertz CT molecular complexity index is 363. The Morgan fingerprint density at radius 1 is 1.23 bits per heavy atom. The highest BCUT2D eigenvalue weighted by molar-refractivity contribution is 7.83. The summed E-state index contributed by atoms with van der Waals surface area (Å²) < 4.78 is 0. The topological polar surface area (TPSA) is 26.0 Å². The standard InChI is InChI=1S/C8H6Cl3NS/c9-5-2-1-4(6(12)3-13)7(10)8(5)11/h1-3,13H,12H2/b6-3-. The van der Waals surface area contributed by atoms with Crippen LogP contribution in [-0.2, 0) is 0 Å². The predicted octanol–water partition coefficient (Wildman–Crippen LogP) is 3.83. The average molecular weight is 255 g/mol. The molecule has 1 rings (SSSR count). The molecule has 0 spiro atoms. The SMILES string of the molecule is N/C(=C\S)c1ccc(Cl)c(Cl)c1Cl. The third kappa shape index (κ3) is 2.26. The lowest BCUT2D eigenvalue weighted by Gasteiger charge is -2.06. The second-order valence-electron chi connectivity index (χ2n) is 2.31. The van der Waals surface area contributed by atoms with E-state index in [1.165, 1.54) is 5.41 Å². The van der Waals surface area contributed by atoms with Crippen molar-refractivity contribution in [1.82, 2.24) is 0 Å². The number of halogens is 3. The summed E-state index contributed by atoms with van der Waals surface area (Å²) in [4.78, 5) is 0. The largest absolute Gasteiger partial charge is 0.398 e. The fourth-order valence-corrected chi connectivity index (χ4v) is 1.60. The molecule has 0 bridgehead atoms. The minimum absolute atomic E-state index is 0.305. The Hall–Kier alpha value is -0.0200. The van der Waals surface area contributed by atoms with Crippen LogP contribution in [-0.4, -0.2) is 0 Å². The zero-order chi connectivity index (χ0) is 10.0. The van der Waals surface area contributed by atoms with E-state index in [2.05, 4.69) is 12.6 Å². The highest BCUT2D eigenvalue weighted by atomic mass is 35.5. The highest BCUT2D eigenvalue weighted by Crippen LogP contribution is 2.34. The lowest BCUT2D eigenvalue weighted by Crippen LogP contribution is -1.96. The van der Waals surface area contributed by atoms with Gasteiger partial charge >= 0.3 is 0 Å². The van der Waals surface area contributed by atoms with Crippen molar-refractivity contribution >= 4 is 53.1 Å². The predicted molar refractivity (Wildman–Crippen MR) is 62.6 cm³/mol. The van der Waals surface area contributed by atoms with Gasteiger partial charge < -0.3 is 5.73 Å². The maximum Gasteiger partial charge on any atom is 0.0785 e. The van der Waals surface area contributed by atoms with E-state index < -0.39 is 0 Å². The van der Waals surface area contributed by atoms with Gasteiger partial charge in [0, 0.05) is 11.3 Å². The number of benzene rings is 1. The van der Waals surface area contributed by atoms with Gasteiger partial charge in [0.25, 0.3) is 0 Å². The van der Waals surface area contributed by atoms with Crippen molar-refractivity contribution in [2.24, 2.45) is 5.73 Å². The molecule has 0 atom stereocenters. The van der Waals surface area contributed by atoms with Gasteiger partial charge in [-0.1, -0.05) is 34.8 Å². The molecule has 1 aromatic carbocycles. The zero-order valence-electron chi connectivity index (χ0n) is 6.39. The van der Waals surface area contributed by atoms with Gasteiger partial charge in [-0.05, 0) is 17.5 Å². The van der Waals surface area contributed by atoms with Crippen LogP contribution in [0.1, 0.15) is 5.56 Å². The van der Waals surface area contributed by atoms with Crippen molar-refractivity contribution in [3.63, 3.8) is 0 Å². The van der Waals surface area contributed by atoms with Crippen LogP contribution in [0.3, 0.4) is 0 Å². The van der Waals surface area contributed by atoms with Gasteiger partial charge in [-0.25, -0.2) is 0 Å². The number of nitrogens with two attached hydrogens (primary N) is 1. The van der Waals surface area contributed by atoms with E-state index in [4.69, 9.17) is 40.5 Å². The highest BCUT2D eigenvalue weighted by Gasteiger charge is 2.09. The third-order valence-corrected chi connectivity index (χ3v) is 3.06. The van der Waals surface area contributed by atoms with Crippen LogP contribution in [0, 0.1) is 0 Å². The van der Waals surface area contributed by atoms with Crippen molar-refractivity contribution in [3.05, 3.63) is 38.2 Å². The van der Waals surface area contributed by atoms with Gasteiger partial charge in [-0.15, -0.1) is 12.6 Å². The molecule has 0 aromatic heterocycles. The number of thiol groups is 1. The first-order chi connectivity index (χ1) is 6.07. The summed E-state index contributed by atoms with van der Waals surface area (Å²) in [5, 5.41) is 2.50. The first-order valence-corrected chi connectivity index (χ1v) is 4.96. The molecule has 2 N–H and O–H groups in total. The first-order valence-electron chi connectivity index (χ1n) is 3.31. The van der Waals surface area contributed by atoms with Gasteiger partial charge in [0.1, 0.15) is 0 Å². The Labute approximate surface area is 96.9 Å². The summed E-state index contributed by atoms with van der Waals surface area (Å²) in [7, 11) is 0. The lowest BCUT2D eigenvalue weighted by atomic mass is 10.2. The molecular weight excluding hydrogens is 249 g/mol. The van der Waals surface area contributed by atoms with Crippen molar-refractivity contribution in [2.45, 2.75) is 0 Å². The van der Waals surface area contributed by atoms with Crippen molar-refractivity contribution in [1.29, 1.82) is 0 Å². The minimum Gasteiger partial charge on any atom is -0.398 e. The van der Waals surface area contributed by atoms with Crippen LogP contribution in [0.5, 0.6) is 0 Å². The Balaban J connectivity index is 3.34. The summed E-state index contributed by atoms with van der Waals surface area (Å²) in [6.07, 6.45) is 0. The molecule has 0 radical (unpaired) electrons. The van der Waals surface area contributed by atoms with Crippen molar-refractivity contribution in [2.75, 3.05) is 0 Å². The molecule has 0 aliphatic carbocycles. The molecule has 0 aliphatic heterocycles. The molecule has 0 saturated carbocycles. The van der Waals surface area contributed by atoms with Crippen LogP contribution in [0.25, 0.3) is 5.70 Å². The molecule has 0 aliphatic rings. The fourth-order valence-electron chi connectivity index (χ4n) is 0.818. The van der Waals surface area contributed by atoms with Crippen LogP contribution in [0.4, 0.5) is 0 Å². The van der Waals surface area contributed by atoms with E-state index in [0.717, 1.165) is 0 Å². The normalized spacial score (nSPS) is 11.8. The number of rotatable bonds is 1. The molecule has 13 heavy (non-hydrogen) atoms. The van der Waals surface area contributed by atoms with Crippen LogP contribution in [0.2, 0.25) is 15.1 Å². The van der Waals surface area contributed by atoms with Crippen molar-refractivity contribution in [3.8, 4) is 0 Å². The van der Waals surface area contributed by atoms with Crippen LogP contribution in [0.15, 0.2) is 17.5 Å². The monoisotopic (exact) mass is 253 g/mol. The second kappa shape index (κ2) is 4.47. The molecule has 1 nitrogen and oxygen atoms in total. The number of hydrogen-bond acceptors (Lipinski definition) is 2. The van der Waals surface area contributed by atoms with Crippen LogP contribution >= 0.6 is 47.4 Å². The second-order valence-corrected chi connectivity index (χ2v) is 3.73. The zero-order valence-corrected chi connectivity index (χ0v) is 9.55.